The number of nitrogens with one attached hydrogen (secondary N) is 1. The average molecular weight is 282 g/mol. The van der Waals surface area contributed by atoms with Gasteiger partial charge in [-0.15, -0.1) is 11.3 Å². The number of unbranched alkanes of at least 4 members (excludes halogenated alkanes) is 7. The zero-order valence-corrected chi connectivity index (χ0v) is 13.0. The second-order valence-electron chi connectivity index (χ2n) is 5.07. The van der Waals surface area contributed by atoms with Crippen LogP contribution in [0.3, 0.4) is 0 Å². The van der Waals surface area contributed by atoms with E-state index < -0.39 is 0 Å². The van der Waals surface area contributed by atoms with Gasteiger partial charge in [-0.25, -0.2) is 4.98 Å². The van der Waals surface area contributed by atoms with Crippen LogP contribution in [0.2, 0.25) is 0 Å². The van der Waals surface area contributed by atoms with Crippen molar-refractivity contribution < 1.29 is 4.79 Å². The monoisotopic (exact) mass is 282 g/mol. The standard InChI is InChI=1S/C15H26N2OS/c1-3-4-5-6-7-8-9-10-11-14(18)17-15-16-13(2)12-19-15/h12H,3-11H2,1-2H3,(H,16,17,18). The first kappa shape index (κ1) is 16.2. The molecule has 1 aromatic rings. The molecule has 0 saturated carbocycles. The molecule has 19 heavy (non-hydrogen) atoms. The minimum atomic E-state index is 0.0975. The zero-order chi connectivity index (χ0) is 13.9. The predicted molar refractivity (Wildman–Crippen MR) is 82.7 cm³/mol. The van der Waals surface area contributed by atoms with Gasteiger partial charge in [-0.1, -0.05) is 51.9 Å². The van der Waals surface area contributed by atoms with Crippen LogP contribution in [0.15, 0.2) is 5.38 Å². The van der Waals surface area contributed by atoms with Gasteiger partial charge in [0, 0.05) is 11.8 Å². The van der Waals surface area contributed by atoms with E-state index in [9.17, 15) is 4.79 Å². The molecule has 1 rings (SSSR count). The normalized spacial score (nSPS) is 10.6. The summed E-state index contributed by atoms with van der Waals surface area (Å²) >= 11 is 1.49. The SMILES string of the molecule is CCCCCCCCCCC(=O)Nc1nc(C)cs1. The van der Waals surface area contributed by atoms with Crippen LogP contribution in [0.25, 0.3) is 0 Å². The quantitative estimate of drug-likeness (QED) is 0.619. The molecule has 1 heterocycles. The first-order chi connectivity index (χ1) is 9.22. The van der Waals surface area contributed by atoms with E-state index in [1.807, 2.05) is 12.3 Å². The molecule has 4 heteroatoms. The van der Waals surface area contributed by atoms with E-state index in [-0.39, 0.29) is 5.91 Å². The van der Waals surface area contributed by atoms with Gasteiger partial charge in [0.15, 0.2) is 5.13 Å². The van der Waals surface area contributed by atoms with Gasteiger partial charge < -0.3 is 5.32 Å². The van der Waals surface area contributed by atoms with Crippen LogP contribution in [-0.4, -0.2) is 10.9 Å². The number of aryl methyl sites for hydroxylation is 1. The summed E-state index contributed by atoms with van der Waals surface area (Å²) < 4.78 is 0. The van der Waals surface area contributed by atoms with E-state index in [0.717, 1.165) is 23.7 Å². The Morgan fingerprint density at radius 1 is 1.16 bits per heavy atom. The molecule has 0 aliphatic heterocycles. The predicted octanol–water partition coefficient (Wildman–Crippen LogP) is 4.92. The summed E-state index contributed by atoms with van der Waals surface area (Å²) in [6, 6.07) is 0. The molecule has 0 fully saturated rings. The maximum Gasteiger partial charge on any atom is 0.226 e. The van der Waals surface area contributed by atoms with Crippen molar-refractivity contribution in [3.8, 4) is 0 Å². The maximum absolute atomic E-state index is 11.7. The number of hydrogen-bond donors (Lipinski definition) is 1. The summed E-state index contributed by atoms with van der Waals surface area (Å²) in [6.45, 7) is 4.17. The summed E-state index contributed by atoms with van der Waals surface area (Å²) in [5.74, 6) is 0.0975. The minimum absolute atomic E-state index is 0.0975. The fourth-order valence-corrected chi connectivity index (χ4v) is 2.72. The van der Waals surface area contributed by atoms with Gasteiger partial charge in [0.2, 0.25) is 5.91 Å². The third-order valence-electron chi connectivity index (χ3n) is 3.12. The Morgan fingerprint density at radius 2 is 1.79 bits per heavy atom. The topological polar surface area (TPSA) is 42.0 Å². The minimum Gasteiger partial charge on any atom is -0.302 e. The smallest absolute Gasteiger partial charge is 0.226 e. The van der Waals surface area contributed by atoms with Crippen LogP contribution < -0.4 is 5.32 Å². The molecule has 1 amide bonds. The van der Waals surface area contributed by atoms with Crippen molar-refractivity contribution in [3.05, 3.63) is 11.1 Å². The number of amides is 1. The molecule has 1 N–H and O–H groups in total. The molecule has 0 saturated heterocycles. The lowest BCUT2D eigenvalue weighted by Gasteiger charge is -2.02. The molecule has 0 radical (unpaired) electrons. The van der Waals surface area contributed by atoms with Crippen LogP contribution in [0.4, 0.5) is 5.13 Å². The summed E-state index contributed by atoms with van der Waals surface area (Å²) in [4.78, 5) is 15.9. The lowest BCUT2D eigenvalue weighted by Crippen LogP contribution is -2.10. The highest BCUT2D eigenvalue weighted by Crippen LogP contribution is 2.15. The molecule has 0 aromatic carbocycles. The lowest BCUT2D eigenvalue weighted by molar-refractivity contribution is -0.116. The Kier molecular flexibility index (Phi) is 8.47. The molecule has 0 atom stereocenters. The number of carbonyl (C=O) groups excluding carboxylic acids is 1. The van der Waals surface area contributed by atoms with Crippen LogP contribution >= 0.6 is 11.3 Å². The Morgan fingerprint density at radius 3 is 2.37 bits per heavy atom. The first-order valence-electron chi connectivity index (χ1n) is 7.44. The lowest BCUT2D eigenvalue weighted by atomic mass is 10.1. The van der Waals surface area contributed by atoms with Crippen molar-refractivity contribution in [2.75, 3.05) is 5.32 Å². The van der Waals surface area contributed by atoms with Crippen LogP contribution in [-0.2, 0) is 4.79 Å². The fourth-order valence-electron chi connectivity index (χ4n) is 2.01. The number of carbonyl (C=O) groups is 1. The van der Waals surface area contributed by atoms with Crippen molar-refractivity contribution in [2.24, 2.45) is 0 Å². The van der Waals surface area contributed by atoms with Crippen molar-refractivity contribution in [2.45, 2.75) is 71.6 Å². The molecule has 0 spiro atoms. The van der Waals surface area contributed by atoms with E-state index in [0.29, 0.717) is 6.42 Å². The van der Waals surface area contributed by atoms with E-state index in [2.05, 4.69) is 17.2 Å². The van der Waals surface area contributed by atoms with Crippen molar-refractivity contribution in [1.82, 2.24) is 4.98 Å². The molecule has 0 aliphatic carbocycles. The highest BCUT2D eigenvalue weighted by Gasteiger charge is 2.04. The van der Waals surface area contributed by atoms with Gasteiger partial charge in [-0.3, -0.25) is 4.79 Å². The summed E-state index contributed by atoms with van der Waals surface area (Å²) in [7, 11) is 0. The van der Waals surface area contributed by atoms with Gasteiger partial charge >= 0.3 is 0 Å². The van der Waals surface area contributed by atoms with Gasteiger partial charge in [0.05, 0.1) is 5.69 Å². The van der Waals surface area contributed by atoms with Crippen molar-refractivity contribution in [1.29, 1.82) is 0 Å². The Bertz CT molecular complexity index is 363. The third-order valence-corrected chi connectivity index (χ3v) is 4.00. The molecule has 0 bridgehead atoms. The third kappa shape index (κ3) is 7.98. The fraction of sp³-hybridized carbons (Fsp3) is 0.733. The number of rotatable bonds is 10. The van der Waals surface area contributed by atoms with Crippen LogP contribution in [0.5, 0.6) is 0 Å². The van der Waals surface area contributed by atoms with Crippen LogP contribution in [0.1, 0.15) is 70.4 Å². The second kappa shape index (κ2) is 9.96. The number of hydrogen-bond acceptors (Lipinski definition) is 3. The van der Waals surface area contributed by atoms with E-state index in [4.69, 9.17) is 0 Å². The number of anilines is 1. The van der Waals surface area contributed by atoms with E-state index in [1.165, 1.54) is 49.9 Å². The summed E-state index contributed by atoms with van der Waals surface area (Å²) in [5.41, 5.74) is 0.965. The first-order valence-corrected chi connectivity index (χ1v) is 8.32. The maximum atomic E-state index is 11.7. The number of nitrogens with zero attached hydrogens (tertiary/aromatic N) is 1. The van der Waals surface area contributed by atoms with Gasteiger partial charge in [-0.05, 0) is 13.3 Å². The Balaban J connectivity index is 1.96. The van der Waals surface area contributed by atoms with Gasteiger partial charge in [0.1, 0.15) is 0 Å². The number of aromatic nitrogens is 1. The number of thiazole rings is 1. The Labute approximate surface area is 120 Å². The molecular formula is C15H26N2OS. The molecule has 0 aliphatic rings. The molecule has 108 valence electrons. The molecular weight excluding hydrogens is 256 g/mol. The van der Waals surface area contributed by atoms with E-state index in [1.54, 1.807) is 0 Å². The van der Waals surface area contributed by atoms with Gasteiger partial charge in [0.25, 0.3) is 0 Å². The summed E-state index contributed by atoms with van der Waals surface area (Å²) in [6.07, 6.45) is 10.7. The summed E-state index contributed by atoms with van der Waals surface area (Å²) in [5, 5.41) is 5.52. The second-order valence-corrected chi connectivity index (χ2v) is 5.93. The average Bonchev–Trinajstić information content (AvgIpc) is 2.78. The van der Waals surface area contributed by atoms with Crippen molar-refractivity contribution in [3.63, 3.8) is 0 Å². The molecule has 1 aromatic heterocycles. The van der Waals surface area contributed by atoms with Crippen LogP contribution in [0, 0.1) is 6.92 Å². The highest BCUT2D eigenvalue weighted by molar-refractivity contribution is 7.13. The van der Waals surface area contributed by atoms with Gasteiger partial charge in [-0.2, -0.15) is 0 Å². The molecule has 3 nitrogen and oxygen atoms in total. The largest absolute Gasteiger partial charge is 0.302 e. The van der Waals surface area contributed by atoms with Crippen molar-refractivity contribution >= 4 is 22.4 Å². The Hall–Kier alpha value is -0.900. The highest BCUT2D eigenvalue weighted by atomic mass is 32.1. The zero-order valence-electron chi connectivity index (χ0n) is 12.2. The molecule has 0 unspecified atom stereocenters. The van der Waals surface area contributed by atoms with E-state index >= 15 is 0 Å².